The Morgan fingerprint density at radius 3 is 3.00 bits per heavy atom. The molecular formula is C15H12ClNO. The number of hydrogen-bond donors (Lipinski definition) is 0. The molecule has 3 rings (SSSR count). The number of fused-ring (bicyclic) bond motifs is 1. The first kappa shape index (κ1) is 11.4. The van der Waals surface area contributed by atoms with Gasteiger partial charge in [-0.25, -0.2) is 0 Å². The van der Waals surface area contributed by atoms with E-state index in [2.05, 4.69) is 4.99 Å². The van der Waals surface area contributed by atoms with Gasteiger partial charge in [0.1, 0.15) is 5.70 Å². The number of Topliss-reactive ketones (excluding diaryl/α,β-unsaturated/α-hetero) is 1. The Kier molecular flexibility index (Phi) is 2.88. The van der Waals surface area contributed by atoms with Crippen LogP contribution in [0.5, 0.6) is 0 Å². The SMILES string of the molecule is O=C1C2=C(CC=CC=N2)CCc2cc(Cl)ccc21. The second kappa shape index (κ2) is 4.54. The number of rotatable bonds is 0. The molecule has 0 aromatic heterocycles. The number of carbonyl (C=O) groups is 1. The molecule has 18 heavy (non-hydrogen) atoms. The summed E-state index contributed by atoms with van der Waals surface area (Å²) in [5.41, 5.74) is 3.50. The Morgan fingerprint density at radius 1 is 1.22 bits per heavy atom. The van der Waals surface area contributed by atoms with Gasteiger partial charge in [-0.3, -0.25) is 9.79 Å². The minimum Gasteiger partial charge on any atom is -0.287 e. The number of benzene rings is 1. The van der Waals surface area contributed by atoms with E-state index in [1.165, 1.54) is 0 Å². The maximum absolute atomic E-state index is 12.5. The molecule has 1 aliphatic carbocycles. The first-order chi connectivity index (χ1) is 8.75. The van der Waals surface area contributed by atoms with Crippen molar-refractivity contribution in [3.63, 3.8) is 0 Å². The minimum atomic E-state index is 0.0223. The number of allylic oxidation sites excluding steroid dienone is 4. The molecule has 0 radical (unpaired) electrons. The van der Waals surface area contributed by atoms with Crippen LogP contribution in [0.2, 0.25) is 5.02 Å². The van der Waals surface area contributed by atoms with Gasteiger partial charge in [0.15, 0.2) is 0 Å². The highest BCUT2D eigenvalue weighted by Gasteiger charge is 2.23. The zero-order chi connectivity index (χ0) is 12.5. The molecule has 2 aliphatic rings. The van der Waals surface area contributed by atoms with Crippen molar-refractivity contribution in [3.05, 3.63) is 57.8 Å². The molecule has 1 heterocycles. The van der Waals surface area contributed by atoms with E-state index in [1.807, 2.05) is 24.3 Å². The van der Waals surface area contributed by atoms with Crippen LogP contribution in [0.25, 0.3) is 0 Å². The van der Waals surface area contributed by atoms with Crippen molar-refractivity contribution in [2.24, 2.45) is 4.99 Å². The topological polar surface area (TPSA) is 29.4 Å². The van der Waals surface area contributed by atoms with Gasteiger partial charge in [-0.05, 0) is 54.7 Å². The largest absolute Gasteiger partial charge is 0.287 e. The van der Waals surface area contributed by atoms with Crippen LogP contribution in [0.15, 0.2) is 46.6 Å². The maximum atomic E-state index is 12.5. The van der Waals surface area contributed by atoms with Crippen LogP contribution < -0.4 is 0 Å². The molecule has 3 heteroatoms. The molecule has 1 aliphatic heterocycles. The Hall–Kier alpha value is -1.67. The molecular weight excluding hydrogens is 246 g/mol. The fraction of sp³-hybridized carbons (Fsp3) is 0.200. The summed E-state index contributed by atoms with van der Waals surface area (Å²) < 4.78 is 0. The number of halogens is 1. The third kappa shape index (κ3) is 1.93. The number of aliphatic imine (C=N–C) groups is 1. The van der Waals surface area contributed by atoms with Gasteiger partial charge in [-0.15, -0.1) is 0 Å². The second-order valence-electron chi connectivity index (χ2n) is 4.49. The Bertz CT molecular complexity index is 611. The number of aryl methyl sites for hydroxylation is 1. The number of nitrogens with zero attached hydrogens (tertiary/aromatic N) is 1. The predicted molar refractivity (Wildman–Crippen MR) is 73.4 cm³/mol. The van der Waals surface area contributed by atoms with Crippen molar-refractivity contribution < 1.29 is 4.79 Å². The third-order valence-electron chi connectivity index (χ3n) is 3.35. The molecule has 0 bridgehead atoms. The van der Waals surface area contributed by atoms with Crippen molar-refractivity contribution in [1.82, 2.24) is 0 Å². The van der Waals surface area contributed by atoms with Crippen molar-refractivity contribution >= 4 is 23.6 Å². The van der Waals surface area contributed by atoms with Gasteiger partial charge in [-0.2, -0.15) is 0 Å². The monoisotopic (exact) mass is 257 g/mol. The summed E-state index contributed by atoms with van der Waals surface area (Å²) in [5, 5.41) is 0.682. The molecule has 0 saturated carbocycles. The van der Waals surface area contributed by atoms with Crippen LogP contribution in [0.1, 0.15) is 28.8 Å². The Labute approximate surface area is 111 Å². The smallest absolute Gasteiger partial charge is 0.211 e. The highest BCUT2D eigenvalue weighted by atomic mass is 35.5. The van der Waals surface area contributed by atoms with E-state index < -0.39 is 0 Å². The molecule has 0 unspecified atom stereocenters. The van der Waals surface area contributed by atoms with Crippen molar-refractivity contribution in [3.8, 4) is 0 Å². The van der Waals surface area contributed by atoms with Crippen molar-refractivity contribution in [2.45, 2.75) is 19.3 Å². The first-order valence-electron chi connectivity index (χ1n) is 6.00. The first-order valence-corrected chi connectivity index (χ1v) is 6.38. The molecule has 0 spiro atoms. The predicted octanol–water partition coefficient (Wildman–Crippen LogP) is 3.75. The highest BCUT2D eigenvalue weighted by Crippen LogP contribution is 2.30. The van der Waals surface area contributed by atoms with Gasteiger partial charge < -0.3 is 0 Å². The van der Waals surface area contributed by atoms with Crippen LogP contribution in [0, 0.1) is 0 Å². The zero-order valence-corrected chi connectivity index (χ0v) is 10.6. The van der Waals surface area contributed by atoms with Gasteiger partial charge in [0.05, 0.1) is 0 Å². The number of carbonyl (C=O) groups excluding carboxylic acids is 1. The average Bonchev–Trinajstić information content (AvgIpc) is 2.65. The maximum Gasteiger partial charge on any atom is 0.211 e. The summed E-state index contributed by atoms with van der Waals surface area (Å²) in [4.78, 5) is 16.8. The van der Waals surface area contributed by atoms with Crippen LogP contribution >= 0.6 is 11.6 Å². The third-order valence-corrected chi connectivity index (χ3v) is 3.58. The fourth-order valence-electron chi connectivity index (χ4n) is 2.42. The number of hydrogen-bond acceptors (Lipinski definition) is 2. The van der Waals surface area contributed by atoms with E-state index in [1.54, 1.807) is 12.3 Å². The molecule has 2 nitrogen and oxygen atoms in total. The normalized spacial score (nSPS) is 18.2. The molecule has 0 N–H and O–H groups in total. The fourth-order valence-corrected chi connectivity index (χ4v) is 2.61. The Morgan fingerprint density at radius 2 is 2.11 bits per heavy atom. The van der Waals surface area contributed by atoms with Gasteiger partial charge in [0.25, 0.3) is 0 Å². The van der Waals surface area contributed by atoms with Crippen molar-refractivity contribution in [2.75, 3.05) is 0 Å². The summed E-state index contributed by atoms with van der Waals surface area (Å²) in [6.45, 7) is 0. The Balaban J connectivity index is 2.12. The summed E-state index contributed by atoms with van der Waals surface area (Å²) in [6, 6.07) is 5.47. The number of ketones is 1. The lowest BCUT2D eigenvalue weighted by Crippen LogP contribution is -2.04. The molecule has 90 valence electrons. The van der Waals surface area contributed by atoms with E-state index >= 15 is 0 Å². The van der Waals surface area contributed by atoms with Crippen LogP contribution in [0.4, 0.5) is 0 Å². The lowest BCUT2D eigenvalue weighted by molar-refractivity contribution is 0.103. The molecule has 0 atom stereocenters. The van der Waals surface area contributed by atoms with Crippen LogP contribution in [-0.2, 0) is 6.42 Å². The summed E-state index contributed by atoms with van der Waals surface area (Å²) in [5.74, 6) is 0.0223. The average molecular weight is 258 g/mol. The lowest BCUT2D eigenvalue weighted by atomic mass is 10.0. The lowest BCUT2D eigenvalue weighted by Gasteiger charge is -2.05. The summed E-state index contributed by atoms with van der Waals surface area (Å²) in [7, 11) is 0. The zero-order valence-electron chi connectivity index (χ0n) is 9.82. The van der Waals surface area contributed by atoms with Gasteiger partial charge in [0, 0.05) is 16.8 Å². The standard InChI is InChI=1S/C15H12ClNO/c16-12-6-7-13-11(9-12)5-4-10-3-1-2-8-17-14(10)15(13)18/h1-2,6-9H,3-5H2. The van der Waals surface area contributed by atoms with E-state index in [-0.39, 0.29) is 5.78 Å². The molecule has 0 fully saturated rings. The molecule has 1 aromatic carbocycles. The molecule has 1 aromatic rings. The van der Waals surface area contributed by atoms with Gasteiger partial charge in [-0.1, -0.05) is 17.7 Å². The quantitative estimate of drug-likeness (QED) is 0.696. The van der Waals surface area contributed by atoms with E-state index in [0.29, 0.717) is 10.7 Å². The van der Waals surface area contributed by atoms with E-state index in [0.717, 1.165) is 36.0 Å². The van der Waals surface area contributed by atoms with Gasteiger partial charge >= 0.3 is 0 Å². The van der Waals surface area contributed by atoms with Crippen LogP contribution in [0.3, 0.4) is 0 Å². The molecule has 0 saturated heterocycles. The summed E-state index contributed by atoms with van der Waals surface area (Å²) >= 11 is 5.99. The second-order valence-corrected chi connectivity index (χ2v) is 4.93. The minimum absolute atomic E-state index is 0.0223. The van der Waals surface area contributed by atoms with Crippen molar-refractivity contribution in [1.29, 1.82) is 0 Å². The summed E-state index contributed by atoms with van der Waals surface area (Å²) in [6.07, 6.45) is 8.16. The van der Waals surface area contributed by atoms with Gasteiger partial charge in [0.2, 0.25) is 5.78 Å². The van der Waals surface area contributed by atoms with E-state index in [9.17, 15) is 4.79 Å². The highest BCUT2D eigenvalue weighted by molar-refractivity contribution is 6.30. The van der Waals surface area contributed by atoms with E-state index in [4.69, 9.17) is 11.6 Å². The molecule has 0 amide bonds. The van der Waals surface area contributed by atoms with Crippen LogP contribution in [-0.4, -0.2) is 12.0 Å².